The van der Waals surface area contributed by atoms with Crippen LogP contribution in [0.1, 0.15) is 90.0 Å². The first kappa shape index (κ1) is 31.5. The molecule has 6 nitrogen and oxygen atoms in total. The molecule has 0 bridgehead atoms. The third-order valence-corrected chi connectivity index (χ3v) is 8.46. The maximum absolute atomic E-state index is 13.4. The molecule has 1 aliphatic carbocycles. The predicted molar refractivity (Wildman–Crippen MR) is 167 cm³/mol. The average molecular weight is 571 g/mol. The first-order valence-electron chi connectivity index (χ1n) is 15.5. The number of aryl methyl sites for hydroxylation is 1. The number of benzene rings is 3. The van der Waals surface area contributed by atoms with Crippen LogP contribution in [0, 0.1) is 5.92 Å². The van der Waals surface area contributed by atoms with Gasteiger partial charge in [0.2, 0.25) is 5.91 Å². The molecule has 4 rings (SSSR count). The van der Waals surface area contributed by atoms with Gasteiger partial charge in [-0.1, -0.05) is 92.9 Å². The van der Waals surface area contributed by atoms with E-state index >= 15 is 0 Å². The lowest BCUT2D eigenvalue weighted by Gasteiger charge is -2.32. The van der Waals surface area contributed by atoms with Crippen LogP contribution in [-0.4, -0.2) is 48.7 Å². The van der Waals surface area contributed by atoms with Gasteiger partial charge in [0.05, 0.1) is 19.3 Å². The molecule has 0 aromatic heterocycles. The van der Waals surface area contributed by atoms with Crippen molar-refractivity contribution in [3.05, 3.63) is 107 Å². The summed E-state index contributed by atoms with van der Waals surface area (Å²) in [7, 11) is 1.65. The van der Waals surface area contributed by atoms with Crippen molar-refractivity contribution in [2.75, 3.05) is 26.9 Å². The lowest BCUT2D eigenvalue weighted by Crippen LogP contribution is -2.39. The summed E-state index contributed by atoms with van der Waals surface area (Å²) in [6, 6.07) is 25.6. The molecule has 224 valence electrons. The van der Waals surface area contributed by atoms with E-state index in [4.69, 9.17) is 4.74 Å². The minimum absolute atomic E-state index is 0.000891. The Morgan fingerprint density at radius 3 is 2.31 bits per heavy atom. The molecule has 6 heteroatoms. The maximum atomic E-state index is 13.4. The molecule has 3 unspecified atom stereocenters. The molecule has 1 aliphatic rings. The number of aliphatic hydroxyl groups excluding tert-OH is 1. The van der Waals surface area contributed by atoms with Crippen molar-refractivity contribution >= 4 is 11.8 Å². The lowest BCUT2D eigenvalue weighted by molar-refractivity contribution is -0.127. The number of ether oxygens (including phenoxy) is 1. The number of hydrogen-bond donors (Lipinski definition) is 2. The molecule has 0 heterocycles. The number of unbranched alkanes of at least 4 members (excludes halogenated alkanes) is 1. The highest BCUT2D eigenvalue weighted by molar-refractivity contribution is 5.94. The van der Waals surface area contributed by atoms with Crippen LogP contribution in [0.15, 0.2) is 78.9 Å². The van der Waals surface area contributed by atoms with Gasteiger partial charge in [-0.3, -0.25) is 9.59 Å². The highest BCUT2D eigenvalue weighted by Gasteiger charge is 2.33. The van der Waals surface area contributed by atoms with Crippen molar-refractivity contribution < 1.29 is 19.4 Å². The second-order valence-electron chi connectivity index (χ2n) is 11.4. The van der Waals surface area contributed by atoms with Gasteiger partial charge in [0, 0.05) is 31.7 Å². The molecule has 1 saturated carbocycles. The molecule has 1 fully saturated rings. The molecule has 2 N–H and O–H groups in total. The smallest absolute Gasteiger partial charge is 0.254 e. The van der Waals surface area contributed by atoms with E-state index in [2.05, 4.69) is 48.6 Å². The average Bonchev–Trinajstić information content (AvgIpc) is 3.05. The Hall–Kier alpha value is -3.48. The summed E-state index contributed by atoms with van der Waals surface area (Å²) in [5, 5.41) is 13.1. The molecule has 2 amide bonds. The summed E-state index contributed by atoms with van der Waals surface area (Å²) in [4.78, 5) is 28.7. The van der Waals surface area contributed by atoms with Crippen molar-refractivity contribution in [1.82, 2.24) is 10.2 Å². The van der Waals surface area contributed by atoms with Crippen LogP contribution in [0.2, 0.25) is 0 Å². The van der Waals surface area contributed by atoms with Gasteiger partial charge < -0.3 is 20.1 Å². The number of nitrogens with one attached hydrogen (secondary N) is 1. The molecule has 0 saturated heterocycles. The largest absolute Gasteiger partial charge is 0.394 e. The summed E-state index contributed by atoms with van der Waals surface area (Å²) < 4.78 is 5.31. The molecule has 0 spiro atoms. The number of carbonyl (C=O) groups excluding carboxylic acids is 2. The fraction of sp³-hybridized carbons (Fsp3) is 0.444. The Balaban J connectivity index is 1.43. The first-order valence-corrected chi connectivity index (χ1v) is 15.5. The molecule has 3 aromatic rings. The Bertz CT molecular complexity index is 1240. The van der Waals surface area contributed by atoms with Gasteiger partial charge in [-0.25, -0.2) is 0 Å². The minimum Gasteiger partial charge on any atom is -0.394 e. The van der Waals surface area contributed by atoms with E-state index < -0.39 is 6.04 Å². The molecule has 3 atom stereocenters. The van der Waals surface area contributed by atoms with Crippen LogP contribution in [0.25, 0.3) is 0 Å². The first-order chi connectivity index (χ1) is 20.5. The maximum Gasteiger partial charge on any atom is 0.254 e. The zero-order chi connectivity index (χ0) is 29.7. The number of rotatable bonds is 14. The van der Waals surface area contributed by atoms with Crippen molar-refractivity contribution in [1.29, 1.82) is 0 Å². The normalized spacial score (nSPS) is 17.4. The van der Waals surface area contributed by atoms with Crippen molar-refractivity contribution in [2.45, 2.75) is 70.4 Å². The van der Waals surface area contributed by atoms with Crippen LogP contribution in [0.3, 0.4) is 0 Å². The fourth-order valence-electron chi connectivity index (χ4n) is 5.96. The van der Waals surface area contributed by atoms with Gasteiger partial charge in [-0.2, -0.15) is 0 Å². The van der Waals surface area contributed by atoms with Gasteiger partial charge in [0.25, 0.3) is 5.91 Å². The van der Waals surface area contributed by atoms with Crippen LogP contribution in [0.4, 0.5) is 0 Å². The Morgan fingerprint density at radius 2 is 1.64 bits per heavy atom. The zero-order valence-corrected chi connectivity index (χ0v) is 25.1. The molecular formula is C36H46N2O4. The number of nitrogens with zero attached hydrogens (tertiary/aromatic N) is 1. The van der Waals surface area contributed by atoms with Gasteiger partial charge in [0.15, 0.2) is 0 Å². The molecule has 0 radical (unpaired) electrons. The second kappa shape index (κ2) is 16.2. The van der Waals surface area contributed by atoms with E-state index in [1.165, 1.54) is 5.56 Å². The third-order valence-electron chi connectivity index (χ3n) is 8.46. The number of amides is 2. The second-order valence-corrected chi connectivity index (χ2v) is 11.4. The van der Waals surface area contributed by atoms with E-state index in [0.29, 0.717) is 25.3 Å². The molecular weight excluding hydrogens is 524 g/mol. The van der Waals surface area contributed by atoms with Gasteiger partial charge in [-0.05, 0) is 66.0 Å². The van der Waals surface area contributed by atoms with Crippen LogP contribution in [-0.2, 0) is 22.5 Å². The zero-order valence-electron chi connectivity index (χ0n) is 25.1. The van der Waals surface area contributed by atoms with Crippen LogP contribution < -0.4 is 5.32 Å². The lowest BCUT2D eigenvalue weighted by atomic mass is 9.74. The summed E-state index contributed by atoms with van der Waals surface area (Å²) in [6.45, 7) is 3.51. The summed E-state index contributed by atoms with van der Waals surface area (Å²) in [6.07, 6.45) is 7.24. The number of hydrogen-bond acceptors (Lipinski definition) is 4. The van der Waals surface area contributed by atoms with Crippen molar-refractivity contribution in [3.63, 3.8) is 0 Å². The standard InChI is InChI=1S/C36H46N2O4/c1-3-4-10-27-15-21-31(22-16-27)36(41)38(23-24-42-2)25-28-17-19-29(20-18-28)32-13-8-9-14-33(32)35(40)37-34(26-39)30-11-6-5-7-12-30/h5-7,11-12,15-22,32-34,39H,3-4,8-10,13-14,23-26H2,1-2H3,(H,37,40). The van der Waals surface area contributed by atoms with E-state index in [9.17, 15) is 14.7 Å². The van der Waals surface area contributed by atoms with E-state index in [0.717, 1.165) is 61.6 Å². The minimum atomic E-state index is -0.410. The van der Waals surface area contributed by atoms with Crippen LogP contribution >= 0.6 is 0 Å². The summed E-state index contributed by atoms with van der Waals surface area (Å²) in [5.74, 6) is -0.00873. The van der Waals surface area contributed by atoms with Gasteiger partial charge in [-0.15, -0.1) is 0 Å². The van der Waals surface area contributed by atoms with Crippen molar-refractivity contribution in [2.24, 2.45) is 5.92 Å². The summed E-state index contributed by atoms with van der Waals surface area (Å²) in [5.41, 5.74) is 5.05. The number of methoxy groups -OCH3 is 1. The van der Waals surface area contributed by atoms with Gasteiger partial charge in [0.1, 0.15) is 0 Å². The Labute approximate surface area is 251 Å². The fourth-order valence-corrected chi connectivity index (χ4v) is 5.96. The topological polar surface area (TPSA) is 78.9 Å². The Kier molecular flexibility index (Phi) is 12.2. The molecule has 3 aromatic carbocycles. The van der Waals surface area contributed by atoms with E-state index in [1.807, 2.05) is 47.4 Å². The SMILES string of the molecule is CCCCc1ccc(C(=O)N(CCOC)Cc2ccc(C3CCCCC3C(=O)NC(CO)c3ccccc3)cc2)cc1. The van der Waals surface area contributed by atoms with E-state index in [-0.39, 0.29) is 30.3 Å². The third kappa shape index (κ3) is 8.52. The quantitative estimate of drug-likeness (QED) is 0.234. The predicted octanol–water partition coefficient (Wildman–Crippen LogP) is 6.44. The highest BCUT2D eigenvalue weighted by Crippen LogP contribution is 2.38. The molecule has 0 aliphatic heterocycles. The number of carbonyl (C=O) groups is 2. The summed E-state index contributed by atoms with van der Waals surface area (Å²) >= 11 is 0. The molecule has 42 heavy (non-hydrogen) atoms. The van der Waals surface area contributed by atoms with Crippen LogP contribution in [0.5, 0.6) is 0 Å². The van der Waals surface area contributed by atoms with Gasteiger partial charge >= 0.3 is 0 Å². The van der Waals surface area contributed by atoms with E-state index in [1.54, 1.807) is 7.11 Å². The van der Waals surface area contributed by atoms with Crippen molar-refractivity contribution in [3.8, 4) is 0 Å². The number of aliphatic hydroxyl groups is 1. The Morgan fingerprint density at radius 1 is 0.952 bits per heavy atom. The monoisotopic (exact) mass is 570 g/mol. The highest BCUT2D eigenvalue weighted by atomic mass is 16.5.